The molecule has 0 atom stereocenters. The number of benzene rings is 1. The summed E-state index contributed by atoms with van der Waals surface area (Å²) < 4.78 is 46.4. The molecule has 4 nitrogen and oxygen atoms in total. The van der Waals surface area contributed by atoms with Crippen LogP contribution in [0.15, 0.2) is 24.3 Å². The van der Waals surface area contributed by atoms with Gasteiger partial charge in [-0.25, -0.2) is 0 Å². The molecule has 0 spiro atoms. The van der Waals surface area contributed by atoms with Gasteiger partial charge in [0.15, 0.2) is 0 Å². The zero-order chi connectivity index (χ0) is 13.3. The monoisotopic (exact) mass is 260 g/mol. The summed E-state index contributed by atoms with van der Waals surface area (Å²) in [4.78, 5) is 22.0. The summed E-state index contributed by atoms with van der Waals surface area (Å²) in [5, 5.41) is 0. The fraction of sp³-hybridized carbons (Fsp3) is 0.273. The van der Waals surface area contributed by atoms with Crippen molar-refractivity contribution in [1.82, 2.24) is 0 Å². The fourth-order valence-electron chi connectivity index (χ4n) is 1.43. The first-order chi connectivity index (χ1) is 8.36. The quantitative estimate of drug-likeness (QED) is 0.573. The van der Waals surface area contributed by atoms with Crippen LogP contribution in [-0.2, 0) is 25.2 Å². The topological polar surface area (TPSA) is 52.6 Å². The molecule has 0 radical (unpaired) electrons. The Balaban J connectivity index is 2.19. The molecule has 1 aromatic carbocycles. The second-order valence-corrected chi connectivity index (χ2v) is 3.61. The number of alkyl halides is 3. The summed E-state index contributed by atoms with van der Waals surface area (Å²) >= 11 is 0. The van der Waals surface area contributed by atoms with Crippen molar-refractivity contribution >= 4 is 11.9 Å². The molecule has 2 rings (SSSR count). The lowest BCUT2D eigenvalue weighted by molar-refractivity contribution is -0.205. The van der Waals surface area contributed by atoms with E-state index in [2.05, 4.69) is 0 Å². The van der Waals surface area contributed by atoms with Crippen LogP contribution in [0.4, 0.5) is 13.2 Å². The summed E-state index contributed by atoms with van der Waals surface area (Å²) in [5.74, 6) is -1.53. The molecule has 1 aliphatic heterocycles. The lowest BCUT2D eigenvalue weighted by atomic mass is 10.1. The van der Waals surface area contributed by atoms with E-state index in [1.54, 1.807) is 0 Å². The van der Waals surface area contributed by atoms with Crippen LogP contribution in [0.2, 0.25) is 0 Å². The minimum atomic E-state index is -4.45. The minimum Gasteiger partial charge on any atom is -0.420 e. The van der Waals surface area contributed by atoms with Crippen LogP contribution in [-0.4, -0.2) is 11.9 Å². The number of rotatable bonds is 1. The molecule has 0 bridgehead atoms. The van der Waals surface area contributed by atoms with Gasteiger partial charge in [-0.3, -0.25) is 9.59 Å². The average Bonchev–Trinajstić information content (AvgIpc) is 2.27. The van der Waals surface area contributed by atoms with Crippen LogP contribution in [0.3, 0.4) is 0 Å². The fourth-order valence-corrected chi connectivity index (χ4v) is 1.43. The van der Waals surface area contributed by atoms with Gasteiger partial charge in [0.1, 0.15) is 6.42 Å². The van der Waals surface area contributed by atoms with E-state index in [9.17, 15) is 22.8 Å². The zero-order valence-electron chi connectivity index (χ0n) is 8.86. The largest absolute Gasteiger partial charge is 0.420 e. The minimum absolute atomic E-state index is 0.171. The predicted molar refractivity (Wildman–Crippen MR) is 51.0 cm³/mol. The number of halogens is 3. The van der Waals surface area contributed by atoms with Crippen LogP contribution in [0.5, 0.6) is 0 Å². The maximum absolute atomic E-state index is 12.3. The SMILES string of the molecule is O=C1CC(=O)OC(c2ccc(C(F)(F)F)cc2)O1. The molecular formula is C11H7F3O4. The molecule has 96 valence electrons. The molecule has 0 aliphatic carbocycles. The Kier molecular flexibility index (Phi) is 2.98. The second-order valence-electron chi connectivity index (χ2n) is 3.61. The smallest absolute Gasteiger partial charge is 0.416 e. The zero-order valence-corrected chi connectivity index (χ0v) is 8.86. The van der Waals surface area contributed by atoms with Gasteiger partial charge in [0.2, 0.25) is 0 Å². The molecule has 0 saturated carbocycles. The summed E-state index contributed by atoms with van der Waals surface area (Å²) in [6, 6.07) is 3.84. The number of ether oxygens (including phenoxy) is 2. The van der Waals surface area contributed by atoms with E-state index in [4.69, 9.17) is 9.47 Å². The molecule has 1 fully saturated rings. The van der Waals surface area contributed by atoms with Gasteiger partial charge in [0.05, 0.1) is 5.56 Å². The average molecular weight is 260 g/mol. The van der Waals surface area contributed by atoms with Crippen LogP contribution in [0, 0.1) is 0 Å². The summed E-state index contributed by atoms with van der Waals surface area (Å²) in [5.41, 5.74) is -0.663. The number of carbonyl (C=O) groups is 2. The number of hydrogen-bond acceptors (Lipinski definition) is 4. The van der Waals surface area contributed by atoms with Gasteiger partial charge in [0.25, 0.3) is 6.29 Å². The predicted octanol–water partition coefficient (Wildman–Crippen LogP) is 2.19. The van der Waals surface area contributed by atoms with Gasteiger partial charge in [0, 0.05) is 5.56 Å². The second kappa shape index (κ2) is 4.32. The Labute approximate surface area is 99.3 Å². The third-order valence-electron chi connectivity index (χ3n) is 2.28. The Hall–Kier alpha value is -2.05. The van der Waals surface area contributed by atoms with Crippen LogP contribution in [0.25, 0.3) is 0 Å². The third-order valence-corrected chi connectivity index (χ3v) is 2.28. The molecule has 0 N–H and O–H groups in total. The number of cyclic esters (lactones) is 2. The molecule has 1 heterocycles. The standard InChI is InChI=1S/C11H7F3O4/c12-11(13,14)7-3-1-6(2-4-7)10-17-8(15)5-9(16)18-10/h1-4,10H,5H2. The van der Waals surface area contributed by atoms with E-state index in [0.717, 1.165) is 24.3 Å². The van der Waals surface area contributed by atoms with Crippen molar-refractivity contribution in [2.45, 2.75) is 18.9 Å². The van der Waals surface area contributed by atoms with Crippen molar-refractivity contribution in [3.63, 3.8) is 0 Å². The summed E-state index contributed by atoms with van der Waals surface area (Å²) in [6.45, 7) is 0. The van der Waals surface area contributed by atoms with Gasteiger partial charge in [-0.1, -0.05) is 12.1 Å². The van der Waals surface area contributed by atoms with Crippen LogP contribution in [0.1, 0.15) is 23.8 Å². The van der Waals surface area contributed by atoms with Crippen molar-refractivity contribution in [2.24, 2.45) is 0 Å². The van der Waals surface area contributed by atoms with Gasteiger partial charge in [-0.05, 0) is 12.1 Å². The Bertz CT molecular complexity index is 462. The molecule has 1 aliphatic rings. The van der Waals surface area contributed by atoms with E-state index in [1.165, 1.54) is 0 Å². The molecule has 0 aromatic heterocycles. The molecule has 1 saturated heterocycles. The van der Waals surface area contributed by atoms with Crippen molar-refractivity contribution in [2.75, 3.05) is 0 Å². The molecule has 1 aromatic rings. The van der Waals surface area contributed by atoms with Gasteiger partial charge < -0.3 is 9.47 Å². The van der Waals surface area contributed by atoms with Gasteiger partial charge in [-0.2, -0.15) is 13.2 Å². The summed E-state index contributed by atoms with van der Waals surface area (Å²) in [7, 11) is 0. The van der Waals surface area contributed by atoms with Crippen molar-refractivity contribution < 1.29 is 32.2 Å². The van der Waals surface area contributed by atoms with E-state index >= 15 is 0 Å². The molecule has 0 unspecified atom stereocenters. The number of hydrogen-bond donors (Lipinski definition) is 0. The maximum Gasteiger partial charge on any atom is 0.416 e. The van der Waals surface area contributed by atoms with Gasteiger partial charge in [-0.15, -0.1) is 0 Å². The van der Waals surface area contributed by atoms with E-state index in [0.29, 0.717) is 0 Å². The number of esters is 2. The first-order valence-electron chi connectivity index (χ1n) is 4.92. The first kappa shape index (κ1) is 12.4. The Morgan fingerprint density at radius 2 is 1.50 bits per heavy atom. The number of carbonyl (C=O) groups excluding carboxylic acids is 2. The van der Waals surface area contributed by atoms with Crippen LogP contribution >= 0.6 is 0 Å². The molecule has 0 amide bonds. The molecule has 18 heavy (non-hydrogen) atoms. The first-order valence-corrected chi connectivity index (χ1v) is 4.92. The van der Waals surface area contributed by atoms with E-state index in [-0.39, 0.29) is 5.56 Å². The van der Waals surface area contributed by atoms with E-state index in [1.807, 2.05) is 0 Å². The Morgan fingerprint density at radius 1 is 1.00 bits per heavy atom. The lowest BCUT2D eigenvalue weighted by Crippen LogP contribution is -2.26. The van der Waals surface area contributed by atoms with E-state index < -0.39 is 36.4 Å². The van der Waals surface area contributed by atoms with Crippen molar-refractivity contribution in [1.29, 1.82) is 0 Å². The Morgan fingerprint density at radius 3 is 1.94 bits per heavy atom. The van der Waals surface area contributed by atoms with Gasteiger partial charge >= 0.3 is 18.1 Å². The van der Waals surface area contributed by atoms with Crippen molar-refractivity contribution in [3.8, 4) is 0 Å². The third kappa shape index (κ3) is 2.61. The highest BCUT2D eigenvalue weighted by Gasteiger charge is 2.32. The maximum atomic E-state index is 12.3. The highest BCUT2D eigenvalue weighted by atomic mass is 19.4. The van der Waals surface area contributed by atoms with Crippen molar-refractivity contribution in [3.05, 3.63) is 35.4 Å². The normalized spacial score (nSPS) is 17.3. The molecule has 7 heteroatoms. The summed E-state index contributed by atoms with van der Waals surface area (Å²) in [6.07, 6.45) is -6.21. The van der Waals surface area contributed by atoms with Crippen LogP contribution < -0.4 is 0 Å². The highest BCUT2D eigenvalue weighted by molar-refractivity contribution is 5.92. The lowest BCUT2D eigenvalue weighted by Gasteiger charge is -2.22. The highest BCUT2D eigenvalue weighted by Crippen LogP contribution is 2.31. The molecular weight excluding hydrogens is 253 g/mol.